The van der Waals surface area contributed by atoms with Gasteiger partial charge in [0.05, 0.1) is 11.3 Å². The topological polar surface area (TPSA) is 92.5 Å². The summed E-state index contributed by atoms with van der Waals surface area (Å²) in [4.78, 5) is 14.5. The van der Waals surface area contributed by atoms with Crippen LogP contribution in [0.15, 0.2) is 45.1 Å². The van der Waals surface area contributed by atoms with Gasteiger partial charge in [-0.1, -0.05) is 5.16 Å². The second-order valence-corrected chi connectivity index (χ2v) is 9.85. The van der Waals surface area contributed by atoms with Gasteiger partial charge in [0.15, 0.2) is 0 Å². The number of carbonyl (C=O) groups excluding carboxylic acids is 1. The second-order valence-electron chi connectivity index (χ2n) is 6.82. The Morgan fingerprint density at radius 2 is 1.93 bits per heavy atom. The smallest absolute Gasteiger partial charge is 0.250 e. The van der Waals surface area contributed by atoms with Gasteiger partial charge < -0.3 is 9.42 Å². The highest BCUT2D eigenvalue weighted by Gasteiger charge is 2.34. The Morgan fingerprint density at radius 3 is 2.59 bits per heavy atom. The highest BCUT2D eigenvalue weighted by molar-refractivity contribution is 7.91. The van der Waals surface area contributed by atoms with Gasteiger partial charge in [0.1, 0.15) is 15.8 Å². The molecule has 1 unspecified atom stereocenters. The minimum atomic E-state index is -3.80. The number of nitrogens with one attached hydrogen (secondary N) is 1. The minimum absolute atomic E-state index is 0.0404. The van der Waals surface area contributed by atoms with E-state index in [9.17, 15) is 17.6 Å². The Morgan fingerprint density at radius 1 is 1.21 bits per heavy atom. The number of hydrogen-bond acceptors (Lipinski definition) is 6. The van der Waals surface area contributed by atoms with Crippen LogP contribution in [0.25, 0.3) is 10.4 Å². The van der Waals surface area contributed by atoms with Gasteiger partial charge in [-0.3, -0.25) is 4.79 Å². The van der Waals surface area contributed by atoms with Crippen molar-refractivity contribution >= 4 is 33.0 Å². The van der Waals surface area contributed by atoms with E-state index in [0.29, 0.717) is 17.1 Å². The quantitative estimate of drug-likeness (QED) is 0.664. The van der Waals surface area contributed by atoms with Crippen molar-refractivity contribution in [3.63, 3.8) is 0 Å². The van der Waals surface area contributed by atoms with Crippen molar-refractivity contribution < 1.29 is 22.1 Å². The average molecular weight is 436 g/mol. The number of halogens is 1. The van der Waals surface area contributed by atoms with E-state index in [1.165, 1.54) is 35.2 Å². The summed E-state index contributed by atoms with van der Waals surface area (Å²) in [6, 6.07) is 8.21. The summed E-state index contributed by atoms with van der Waals surface area (Å²) in [7, 11) is -3.80. The molecule has 152 valence electrons. The van der Waals surface area contributed by atoms with Crippen molar-refractivity contribution in [3.8, 4) is 10.4 Å². The molecule has 1 aromatic carbocycles. The summed E-state index contributed by atoms with van der Waals surface area (Å²) >= 11 is 1.12. The number of benzene rings is 1. The van der Waals surface area contributed by atoms with Crippen molar-refractivity contribution in [2.45, 2.75) is 30.5 Å². The summed E-state index contributed by atoms with van der Waals surface area (Å²) in [5.41, 5.74) is 2.02. The van der Waals surface area contributed by atoms with Crippen LogP contribution in [0.4, 0.5) is 10.1 Å². The zero-order chi connectivity index (χ0) is 20.8. The van der Waals surface area contributed by atoms with Gasteiger partial charge in [-0.15, -0.1) is 11.3 Å². The maximum absolute atomic E-state index is 13.1. The predicted octanol–water partition coefficient (Wildman–Crippen LogP) is 3.24. The molecule has 7 nitrogen and oxygen atoms in total. The van der Waals surface area contributed by atoms with Crippen LogP contribution in [0.2, 0.25) is 0 Å². The fourth-order valence-corrected chi connectivity index (χ4v) is 6.06. The fourth-order valence-electron chi connectivity index (χ4n) is 3.37. The normalized spacial score (nSPS) is 17.3. The van der Waals surface area contributed by atoms with Gasteiger partial charge in [0.25, 0.3) is 0 Å². The lowest BCUT2D eigenvalue weighted by molar-refractivity contribution is -0.117. The van der Waals surface area contributed by atoms with Crippen LogP contribution in [-0.4, -0.2) is 32.1 Å². The molecular formula is C19H18FN3O4S2. The number of nitrogens with zero attached hydrogens (tertiary/aromatic N) is 2. The van der Waals surface area contributed by atoms with Gasteiger partial charge in [-0.05, 0) is 50.2 Å². The third-order valence-corrected chi connectivity index (χ3v) is 7.83. The molecular weight excluding hydrogens is 417 g/mol. The zero-order valence-electron chi connectivity index (χ0n) is 15.7. The molecule has 1 atom stereocenters. The van der Waals surface area contributed by atoms with E-state index in [0.717, 1.165) is 21.8 Å². The molecule has 2 aromatic heterocycles. The summed E-state index contributed by atoms with van der Waals surface area (Å²) in [5.74, 6) is 0.00827. The number of sulfonamides is 1. The molecule has 1 aliphatic heterocycles. The first-order chi connectivity index (χ1) is 13.7. The summed E-state index contributed by atoms with van der Waals surface area (Å²) in [5, 5.41) is 3.90. The van der Waals surface area contributed by atoms with Gasteiger partial charge in [0.2, 0.25) is 15.9 Å². The van der Waals surface area contributed by atoms with Crippen molar-refractivity contribution in [2.24, 2.45) is 0 Å². The van der Waals surface area contributed by atoms with E-state index in [1.807, 2.05) is 0 Å². The number of thiophene rings is 1. The fraction of sp³-hybridized carbons (Fsp3) is 0.263. The Bertz CT molecular complexity index is 1150. The number of hydrogen-bond donors (Lipinski definition) is 1. The Labute approximate surface area is 171 Å². The van der Waals surface area contributed by atoms with Gasteiger partial charge in [-0.25, -0.2) is 17.5 Å². The highest BCUT2D eigenvalue weighted by Crippen LogP contribution is 2.35. The molecule has 0 spiro atoms. The molecule has 0 radical (unpaired) electrons. The van der Waals surface area contributed by atoms with Gasteiger partial charge in [-0.2, -0.15) is 0 Å². The molecule has 1 amide bonds. The van der Waals surface area contributed by atoms with E-state index in [-0.39, 0.29) is 23.1 Å². The number of aryl methyl sites for hydroxylation is 2. The largest absolute Gasteiger partial charge is 0.361 e. The molecule has 0 aliphatic carbocycles. The van der Waals surface area contributed by atoms with Crippen LogP contribution < -0.4 is 9.62 Å². The number of amides is 1. The van der Waals surface area contributed by atoms with Crippen LogP contribution in [0.3, 0.4) is 0 Å². The van der Waals surface area contributed by atoms with Crippen molar-refractivity contribution in [1.82, 2.24) is 9.88 Å². The first-order valence-corrected chi connectivity index (χ1v) is 11.2. The van der Waals surface area contributed by atoms with E-state index < -0.39 is 21.9 Å². The molecule has 1 saturated heterocycles. The number of carbonyl (C=O) groups is 1. The minimum Gasteiger partial charge on any atom is -0.361 e. The third-order valence-electron chi connectivity index (χ3n) is 4.71. The molecule has 3 heterocycles. The summed E-state index contributed by atoms with van der Waals surface area (Å²) in [6.07, 6.45) is 0.0404. The van der Waals surface area contributed by atoms with E-state index >= 15 is 0 Å². The lowest BCUT2D eigenvalue weighted by Gasteiger charge is -2.17. The molecule has 0 saturated carbocycles. The summed E-state index contributed by atoms with van der Waals surface area (Å²) < 4.78 is 46.7. The molecule has 1 N–H and O–H groups in total. The molecule has 1 fully saturated rings. The number of rotatable bonds is 5. The Kier molecular flexibility index (Phi) is 5.01. The van der Waals surface area contributed by atoms with E-state index in [1.54, 1.807) is 19.9 Å². The van der Waals surface area contributed by atoms with Crippen LogP contribution >= 0.6 is 11.3 Å². The maximum Gasteiger partial charge on any atom is 0.250 e. The van der Waals surface area contributed by atoms with Gasteiger partial charge in [0, 0.05) is 29.6 Å². The predicted molar refractivity (Wildman–Crippen MR) is 107 cm³/mol. The molecule has 4 rings (SSSR count). The SMILES string of the molecule is Cc1noc(C)c1-c1ccc(S(=O)(=O)NC2CC(=O)N(c3ccc(F)cc3)C2)s1. The number of aromatic nitrogens is 1. The van der Waals surface area contributed by atoms with Crippen LogP contribution in [0, 0.1) is 19.7 Å². The lowest BCUT2D eigenvalue weighted by Crippen LogP contribution is -2.36. The summed E-state index contributed by atoms with van der Waals surface area (Å²) in [6.45, 7) is 3.76. The highest BCUT2D eigenvalue weighted by atomic mass is 32.2. The molecule has 1 aliphatic rings. The second kappa shape index (κ2) is 7.36. The monoisotopic (exact) mass is 435 g/mol. The van der Waals surface area contributed by atoms with E-state index in [4.69, 9.17) is 4.52 Å². The third kappa shape index (κ3) is 3.83. The standard InChI is InChI=1S/C19H18FN3O4S2/c1-11-19(12(2)27-21-11)16-7-8-18(28-16)29(25,26)22-14-9-17(24)23(10-14)15-5-3-13(20)4-6-15/h3-8,14,22H,9-10H2,1-2H3. The Hall–Kier alpha value is -2.56. The molecule has 10 heteroatoms. The van der Waals surface area contributed by atoms with Crippen LogP contribution in [0.5, 0.6) is 0 Å². The maximum atomic E-state index is 13.1. The van der Waals surface area contributed by atoms with Crippen LogP contribution in [-0.2, 0) is 14.8 Å². The average Bonchev–Trinajstić information content (AvgIpc) is 3.35. The van der Waals surface area contributed by atoms with Crippen molar-refractivity contribution in [3.05, 3.63) is 53.7 Å². The van der Waals surface area contributed by atoms with Gasteiger partial charge >= 0.3 is 0 Å². The first-order valence-electron chi connectivity index (χ1n) is 8.86. The van der Waals surface area contributed by atoms with E-state index in [2.05, 4.69) is 9.88 Å². The van der Waals surface area contributed by atoms with Crippen molar-refractivity contribution in [2.75, 3.05) is 11.4 Å². The molecule has 29 heavy (non-hydrogen) atoms. The molecule has 3 aromatic rings. The number of anilines is 1. The first kappa shape index (κ1) is 19.7. The van der Waals surface area contributed by atoms with Crippen molar-refractivity contribution in [1.29, 1.82) is 0 Å². The lowest BCUT2D eigenvalue weighted by atomic mass is 10.2. The Balaban J connectivity index is 1.51. The van der Waals surface area contributed by atoms with Crippen LogP contribution in [0.1, 0.15) is 17.9 Å². The zero-order valence-corrected chi connectivity index (χ0v) is 17.3. The molecule has 0 bridgehead atoms.